The van der Waals surface area contributed by atoms with Crippen molar-refractivity contribution in [3.63, 3.8) is 0 Å². The molecule has 106 valence electrons. The molecule has 2 unspecified atom stereocenters. The number of aromatic nitrogens is 2. The lowest BCUT2D eigenvalue weighted by atomic mass is 10.1. The third-order valence-electron chi connectivity index (χ3n) is 4.39. The molecule has 4 nitrogen and oxygen atoms in total. The molecular weight excluding hydrogens is 262 g/mol. The number of nitrogens with two attached hydrogens (primary N) is 1. The van der Waals surface area contributed by atoms with Gasteiger partial charge in [0.15, 0.2) is 0 Å². The molecule has 2 aromatic carbocycles. The average molecular weight is 279 g/mol. The van der Waals surface area contributed by atoms with E-state index in [2.05, 4.69) is 27.8 Å². The quantitative estimate of drug-likeness (QED) is 0.784. The molecule has 0 radical (unpaired) electrons. The number of ether oxygens (including phenoxy) is 1. The summed E-state index contributed by atoms with van der Waals surface area (Å²) in [5.41, 5.74) is 11.1. The Morgan fingerprint density at radius 1 is 1.24 bits per heavy atom. The Morgan fingerprint density at radius 3 is 2.95 bits per heavy atom. The van der Waals surface area contributed by atoms with Gasteiger partial charge in [0.25, 0.3) is 0 Å². The molecule has 0 saturated heterocycles. The molecule has 0 spiro atoms. The monoisotopic (exact) mass is 279 g/mol. The number of fused-ring (bicyclic) bond motifs is 2. The molecule has 2 atom stereocenters. The highest BCUT2D eigenvalue weighted by atomic mass is 16.5. The van der Waals surface area contributed by atoms with E-state index in [0.717, 1.165) is 23.2 Å². The van der Waals surface area contributed by atoms with Gasteiger partial charge in [-0.3, -0.25) is 0 Å². The van der Waals surface area contributed by atoms with E-state index >= 15 is 0 Å². The second kappa shape index (κ2) is 4.60. The van der Waals surface area contributed by atoms with E-state index in [1.165, 1.54) is 11.1 Å². The Balaban J connectivity index is 1.78. The minimum atomic E-state index is -0.0345. The Morgan fingerprint density at radius 2 is 2.10 bits per heavy atom. The summed E-state index contributed by atoms with van der Waals surface area (Å²) in [6.07, 6.45) is 2.83. The van der Waals surface area contributed by atoms with Crippen molar-refractivity contribution in [3.05, 3.63) is 59.9 Å². The number of para-hydroxylation sites is 2. The first kappa shape index (κ1) is 12.4. The maximum atomic E-state index is 6.49. The highest BCUT2D eigenvalue weighted by Crippen LogP contribution is 2.40. The van der Waals surface area contributed by atoms with Crippen LogP contribution in [0.4, 0.5) is 0 Å². The predicted octanol–water partition coefficient (Wildman–Crippen LogP) is 2.84. The van der Waals surface area contributed by atoms with Crippen molar-refractivity contribution in [1.29, 1.82) is 0 Å². The van der Waals surface area contributed by atoms with Crippen LogP contribution in [-0.2, 0) is 6.42 Å². The molecule has 0 amide bonds. The Bertz CT molecular complexity index is 809. The zero-order chi connectivity index (χ0) is 14.4. The van der Waals surface area contributed by atoms with E-state index < -0.39 is 0 Å². The van der Waals surface area contributed by atoms with Crippen molar-refractivity contribution >= 4 is 11.0 Å². The number of imidazole rings is 1. The van der Waals surface area contributed by atoms with Crippen molar-refractivity contribution in [2.75, 3.05) is 7.11 Å². The van der Waals surface area contributed by atoms with Gasteiger partial charge in [-0.25, -0.2) is 4.98 Å². The minimum absolute atomic E-state index is 0.0345. The third kappa shape index (κ3) is 1.83. The highest BCUT2D eigenvalue weighted by molar-refractivity contribution is 5.75. The van der Waals surface area contributed by atoms with Gasteiger partial charge >= 0.3 is 0 Å². The molecule has 0 aliphatic heterocycles. The van der Waals surface area contributed by atoms with Crippen LogP contribution in [0.15, 0.2) is 48.8 Å². The van der Waals surface area contributed by atoms with Gasteiger partial charge in [0.2, 0.25) is 0 Å². The fourth-order valence-corrected chi connectivity index (χ4v) is 3.27. The number of benzene rings is 2. The fourth-order valence-electron chi connectivity index (χ4n) is 3.27. The van der Waals surface area contributed by atoms with Crippen LogP contribution in [0.25, 0.3) is 11.0 Å². The van der Waals surface area contributed by atoms with E-state index in [1.54, 1.807) is 7.11 Å². The summed E-state index contributed by atoms with van der Waals surface area (Å²) in [6.45, 7) is 0. The summed E-state index contributed by atoms with van der Waals surface area (Å²) in [5, 5.41) is 0. The SMILES string of the molecule is COc1ccc2c(c1)C(N)C(n1cnc3ccccc31)C2. The lowest BCUT2D eigenvalue weighted by Gasteiger charge is -2.18. The van der Waals surface area contributed by atoms with E-state index in [1.807, 2.05) is 30.6 Å². The standard InChI is InChI=1S/C17H17N3O/c1-21-12-7-6-11-8-16(17(18)13(11)9-12)20-10-19-14-4-2-3-5-15(14)20/h2-7,9-10,16-17H,8,18H2,1H3. The molecule has 1 aliphatic rings. The maximum absolute atomic E-state index is 6.49. The normalized spacial score (nSPS) is 20.7. The highest BCUT2D eigenvalue weighted by Gasteiger charge is 2.32. The summed E-state index contributed by atoms with van der Waals surface area (Å²) < 4.78 is 7.51. The molecule has 1 aliphatic carbocycles. The average Bonchev–Trinajstić information content (AvgIpc) is 3.08. The molecule has 3 aromatic rings. The fraction of sp³-hybridized carbons (Fsp3) is 0.235. The Kier molecular flexibility index (Phi) is 2.72. The predicted molar refractivity (Wildman–Crippen MR) is 82.4 cm³/mol. The van der Waals surface area contributed by atoms with Gasteiger partial charge in [-0.05, 0) is 41.8 Å². The van der Waals surface area contributed by atoms with Crippen LogP contribution < -0.4 is 10.5 Å². The van der Waals surface area contributed by atoms with Crippen molar-refractivity contribution in [2.24, 2.45) is 5.73 Å². The van der Waals surface area contributed by atoms with Gasteiger partial charge < -0.3 is 15.0 Å². The van der Waals surface area contributed by atoms with Crippen LogP contribution in [0, 0.1) is 0 Å². The largest absolute Gasteiger partial charge is 0.497 e. The molecule has 4 rings (SSSR count). The van der Waals surface area contributed by atoms with Gasteiger partial charge in [0, 0.05) is 0 Å². The molecule has 2 N–H and O–H groups in total. The van der Waals surface area contributed by atoms with Crippen LogP contribution in [0.3, 0.4) is 0 Å². The smallest absolute Gasteiger partial charge is 0.119 e. The number of methoxy groups -OCH3 is 1. The molecule has 4 heteroatoms. The number of rotatable bonds is 2. The molecule has 0 fully saturated rings. The lowest BCUT2D eigenvalue weighted by Crippen LogP contribution is -2.20. The maximum Gasteiger partial charge on any atom is 0.119 e. The summed E-state index contributed by atoms with van der Waals surface area (Å²) in [6, 6.07) is 14.5. The molecule has 0 bridgehead atoms. The Hall–Kier alpha value is -2.33. The molecule has 0 saturated carbocycles. The Labute approximate surface area is 123 Å². The van der Waals surface area contributed by atoms with E-state index in [0.29, 0.717) is 0 Å². The van der Waals surface area contributed by atoms with Crippen molar-refractivity contribution < 1.29 is 4.74 Å². The minimum Gasteiger partial charge on any atom is -0.497 e. The molecule has 1 aromatic heterocycles. The van der Waals surface area contributed by atoms with Gasteiger partial charge in [0.05, 0.1) is 36.6 Å². The first-order valence-corrected chi connectivity index (χ1v) is 7.12. The third-order valence-corrected chi connectivity index (χ3v) is 4.39. The first-order chi connectivity index (χ1) is 10.3. The van der Waals surface area contributed by atoms with Crippen LogP contribution in [0.5, 0.6) is 5.75 Å². The lowest BCUT2D eigenvalue weighted by molar-refractivity contribution is 0.413. The van der Waals surface area contributed by atoms with Gasteiger partial charge in [-0.2, -0.15) is 0 Å². The molecular formula is C17H17N3O. The van der Waals surface area contributed by atoms with E-state index in [-0.39, 0.29) is 12.1 Å². The van der Waals surface area contributed by atoms with Crippen molar-refractivity contribution in [3.8, 4) is 5.75 Å². The zero-order valence-electron chi connectivity index (χ0n) is 11.9. The van der Waals surface area contributed by atoms with Crippen LogP contribution in [0.2, 0.25) is 0 Å². The summed E-state index contributed by atoms with van der Waals surface area (Å²) >= 11 is 0. The number of hydrogen-bond acceptors (Lipinski definition) is 3. The van der Waals surface area contributed by atoms with Crippen LogP contribution in [0.1, 0.15) is 23.2 Å². The summed E-state index contributed by atoms with van der Waals surface area (Å²) in [7, 11) is 1.68. The summed E-state index contributed by atoms with van der Waals surface area (Å²) in [4.78, 5) is 4.48. The topological polar surface area (TPSA) is 53.1 Å². The van der Waals surface area contributed by atoms with Gasteiger partial charge in [-0.1, -0.05) is 18.2 Å². The van der Waals surface area contributed by atoms with E-state index in [4.69, 9.17) is 10.5 Å². The molecule has 1 heterocycles. The van der Waals surface area contributed by atoms with E-state index in [9.17, 15) is 0 Å². The number of nitrogens with zero attached hydrogens (tertiary/aromatic N) is 2. The van der Waals surface area contributed by atoms with Gasteiger partial charge in [-0.15, -0.1) is 0 Å². The van der Waals surface area contributed by atoms with Crippen molar-refractivity contribution in [2.45, 2.75) is 18.5 Å². The van der Waals surface area contributed by atoms with Gasteiger partial charge in [0.1, 0.15) is 5.75 Å². The second-order valence-corrected chi connectivity index (χ2v) is 5.50. The second-order valence-electron chi connectivity index (χ2n) is 5.50. The van der Waals surface area contributed by atoms with Crippen LogP contribution >= 0.6 is 0 Å². The summed E-state index contributed by atoms with van der Waals surface area (Å²) in [5.74, 6) is 0.861. The van der Waals surface area contributed by atoms with Crippen LogP contribution in [-0.4, -0.2) is 16.7 Å². The zero-order valence-corrected chi connectivity index (χ0v) is 11.9. The molecule has 21 heavy (non-hydrogen) atoms. The van der Waals surface area contributed by atoms with Crippen molar-refractivity contribution in [1.82, 2.24) is 9.55 Å². The first-order valence-electron chi connectivity index (χ1n) is 7.12. The number of hydrogen-bond donors (Lipinski definition) is 1.